The Morgan fingerprint density at radius 1 is 0.933 bits per heavy atom. The lowest BCUT2D eigenvalue weighted by Gasteiger charge is -2.25. The van der Waals surface area contributed by atoms with Gasteiger partial charge in [0.05, 0.1) is 12.8 Å². The summed E-state index contributed by atoms with van der Waals surface area (Å²) in [5.74, 6) is 0.648. The summed E-state index contributed by atoms with van der Waals surface area (Å²) in [5.41, 5.74) is 3.73. The molecule has 0 aliphatic carbocycles. The van der Waals surface area contributed by atoms with Gasteiger partial charge < -0.3 is 14.5 Å². The third-order valence-electron chi connectivity index (χ3n) is 5.11. The van der Waals surface area contributed by atoms with Crippen LogP contribution >= 0.6 is 0 Å². The van der Waals surface area contributed by atoms with Crippen LogP contribution in [-0.4, -0.2) is 29.7 Å². The van der Waals surface area contributed by atoms with Crippen molar-refractivity contribution in [1.82, 2.24) is 4.90 Å². The fraction of sp³-hybridized carbons (Fsp3) is 0.200. The standard InChI is InChI=1S/C25H24N2O3/c1-29-23-15-9-8-14-21(23)22-16-24(30-26-22)25(28)27(17-19-10-4-2-5-11-19)18-20-12-6-3-7-13-20/h2-15,24H,16-18H2,1H3. The molecular weight excluding hydrogens is 376 g/mol. The van der Waals surface area contributed by atoms with Crippen molar-refractivity contribution in [3.8, 4) is 5.75 Å². The fourth-order valence-electron chi connectivity index (χ4n) is 3.57. The minimum absolute atomic E-state index is 0.0728. The predicted octanol–water partition coefficient (Wildman–Crippen LogP) is 4.42. The third kappa shape index (κ3) is 4.51. The van der Waals surface area contributed by atoms with Gasteiger partial charge in [0.25, 0.3) is 5.91 Å². The Hall–Kier alpha value is -3.60. The van der Waals surface area contributed by atoms with E-state index in [9.17, 15) is 4.79 Å². The van der Waals surface area contributed by atoms with E-state index in [1.165, 1.54) is 0 Å². The zero-order valence-electron chi connectivity index (χ0n) is 16.9. The van der Waals surface area contributed by atoms with Crippen molar-refractivity contribution in [3.63, 3.8) is 0 Å². The number of hydrogen-bond acceptors (Lipinski definition) is 4. The Balaban J connectivity index is 1.51. The monoisotopic (exact) mass is 400 g/mol. The van der Waals surface area contributed by atoms with Crippen LogP contribution in [0.4, 0.5) is 0 Å². The van der Waals surface area contributed by atoms with Crippen molar-refractivity contribution in [2.45, 2.75) is 25.6 Å². The van der Waals surface area contributed by atoms with E-state index in [1.54, 1.807) is 7.11 Å². The molecule has 0 saturated heterocycles. The van der Waals surface area contributed by atoms with Crippen molar-refractivity contribution < 1.29 is 14.4 Å². The minimum Gasteiger partial charge on any atom is -0.496 e. The first kappa shape index (κ1) is 19.7. The summed E-state index contributed by atoms with van der Waals surface area (Å²) in [4.78, 5) is 20.8. The molecule has 0 fully saturated rings. The number of methoxy groups -OCH3 is 1. The predicted molar refractivity (Wildman–Crippen MR) is 116 cm³/mol. The molecule has 0 aromatic heterocycles. The number of rotatable bonds is 7. The van der Waals surface area contributed by atoms with Gasteiger partial charge in [-0.1, -0.05) is 78.0 Å². The maximum Gasteiger partial charge on any atom is 0.267 e. The van der Waals surface area contributed by atoms with Crippen molar-refractivity contribution in [1.29, 1.82) is 0 Å². The number of benzene rings is 3. The Bertz CT molecular complexity index is 977. The van der Waals surface area contributed by atoms with Crippen LogP contribution in [0.5, 0.6) is 5.75 Å². The largest absolute Gasteiger partial charge is 0.496 e. The van der Waals surface area contributed by atoms with Gasteiger partial charge >= 0.3 is 0 Å². The van der Waals surface area contributed by atoms with Crippen molar-refractivity contribution in [2.75, 3.05) is 7.11 Å². The Morgan fingerprint density at radius 2 is 1.50 bits per heavy atom. The maximum absolute atomic E-state index is 13.4. The van der Waals surface area contributed by atoms with Gasteiger partial charge in [0.1, 0.15) is 5.75 Å². The fourth-order valence-corrected chi connectivity index (χ4v) is 3.57. The number of amides is 1. The number of nitrogens with zero attached hydrogens (tertiary/aromatic N) is 2. The van der Waals surface area contributed by atoms with Gasteiger partial charge in [0.15, 0.2) is 0 Å². The number of para-hydroxylation sites is 1. The lowest BCUT2D eigenvalue weighted by atomic mass is 10.0. The van der Waals surface area contributed by atoms with E-state index in [4.69, 9.17) is 9.57 Å². The van der Waals surface area contributed by atoms with Crippen molar-refractivity contribution in [2.24, 2.45) is 5.16 Å². The summed E-state index contributed by atoms with van der Waals surface area (Å²) in [6, 6.07) is 27.6. The zero-order chi connectivity index (χ0) is 20.8. The van der Waals surface area contributed by atoms with E-state index in [0.717, 1.165) is 28.2 Å². The summed E-state index contributed by atoms with van der Waals surface area (Å²) in [7, 11) is 1.62. The van der Waals surface area contributed by atoms with Crippen LogP contribution < -0.4 is 4.74 Å². The molecule has 30 heavy (non-hydrogen) atoms. The van der Waals surface area contributed by atoms with Crippen LogP contribution in [0.1, 0.15) is 23.1 Å². The molecule has 0 spiro atoms. The lowest BCUT2D eigenvalue weighted by Crippen LogP contribution is -2.38. The Labute approximate surface area is 176 Å². The highest BCUT2D eigenvalue weighted by atomic mass is 16.6. The quantitative estimate of drug-likeness (QED) is 0.590. The molecule has 0 bridgehead atoms. The van der Waals surface area contributed by atoms with E-state index in [2.05, 4.69) is 5.16 Å². The Kier molecular flexibility index (Phi) is 6.09. The molecule has 1 amide bonds. The van der Waals surface area contributed by atoms with E-state index in [1.807, 2.05) is 89.8 Å². The first-order chi connectivity index (χ1) is 14.7. The number of carbonyl (C=O) groups is 1. The minimum atomic E-state index is -0.641. The molecule has 0 radical (unpaired) electrons. The highest BCUT2D eigenvalue weighted by Gasteiger charge is 2.33. The van der Waals surface area contributed by atoms with Gasteiger partial charge in [-0.05, 0) is 23.3 Å². The van der Waals surface area contributed by atoms with Crippen LogP contribution in [0.25, 0.3) is 0 Å². The molecule has 0 saturated carbocycles. The lowest BCUT2D eigenvalue weighted by molar-refractivity contribution is -0.143. The second-order valence-corrected chi connectivity index (χ2v) is 7.20. The van der Waals surface area contributed by atoms with Crippen molar-refractivity contribution in [3.05, 3.63) is 102 Å². The highest BCUT2D eigenvalue weighted by Crippen LogP contribution is 2.26. The van der Waals surface area contributed by atoms with Crippen molar-refractivity contribution >= 4 is 11.6 Å². The van der Waals surface area contributed by atoms with Gasteiger partial charge in [-0.15, -0.1) is 0 Å². The molecule has 1 atom stereocenters. The van der Waals surface area contributed by atoms with E-state index in [0.29, 0.717) is 19.5 Å². The molecule has 1 heterocycles. The van der Waals surface area contributed by atoms with Crippen LogP contribution in [0.2, 0.25) is 0 Å². The zero-order valence-corrected chi connectivity index (χ0v) is 16.9. The molecule has 1 unspecified atom stereocenters. The number of oxime groups is 1. The van der Waals surface area contributed by atoms with Crippen LogP contribution in [0.3, 0.4) is 0 Å². The summed E-state index contributed by atoms with van der Waals surface area (Å²) in [6.45, 7) is 1.02. The van der Waals surface area contributed by atoms with E-state index < -0.39 is 6.10 Å². The molecular formula is C25H24N2O3. The summed E-state index contributed by atoms with van der Waals surface area (Å²) in [6.07, 6.45) is -0.225. The van der Waals surface area contributed by atoms with E-state index >= 15 is 0 Å². The summed E-state index contributed by atoms with van der Waals surface area (Å²) >= 11 is 0. The topological polar surface area (TPSA) is 51.1 Å². The smallest absolute Gasteiger partial charge is 0.267 e. The van der Waals surface area contributed by atoms with Crippen LogP contribution in [-0.2, 0) is 22.7 Å². The van der Waals surface area contributed by atoms with Gasteiger partial charge in [-0.25, -0.2) is 0 Å². The first-order valence-electron chi connectivity index (χ1n) is 9.97. The van der Waals surface area contributed by atoms with Gasteiger partial charge in [0, 0.05) is 25.1 Å². The first-order valence-corrected chi connectivity index (χ1v) is 9.97. The number of hydrogen-bond donors (Lipinski definition) is 0. The molecule has 3 aromatic rings. The van der Waals surface area contributed by atoms with Crippen LogP contribution in [0.15, 0.2) is 90.1 Å². The average molecular weight is 400 g/mol. The van der Waals surface area contributed by atoms with Gasteiger partial charge in [0.2, 0.25) is 6.10 Å². The SMILES string of the molecule is COc1ccccc1C1=NOC(C(=O)N(Cc2ccccc2)Cc2ccccc2)C1. The molecule has 5 nitrogen and oxygen atoms in total. The molecule has 1 aliphatic heterocycles. The number of ether oxygens (including phenoxy) is 1. The molecule has 5 heteroatoms. The van der Waals surface area contributed by atoms with Gasteiger partial charge in [-0.2, -0.15) is 0 Å². The van der Waals surface area contributed by atoms with E-state index in [-0.39, 0.29) is 5.91 Å². The highest BCUT2D eigenvalue weighted by molar-refractivity contribution is 6.05. The third-order valence-corrected chi connectivity index (χ3v) is 5.11. The summed E-state index contributed by atoms with van der Waals surface area (Å²) in [5, 5.41) is 4.20. The molecule has 4 rings (SSSR count). The number of carbonyl (C=O) groups excluding carboxylic acids is 1. The molecule has 152 valence electrons. The second kappa shape index (κ2) is 9.27. The Morgan fingerprint density at radius 3 is 2.10 bits per heavy atom. The maximum atomic E-state index is 13.4. The molecule has 3 aromatic carbocycles. The average Bonchev–Trinajstić information content (AvgIpc) is 3.29. The van der Waals surface area contributed by atoms with Crippen LogP contribution in [0, 0.1) is 0 Å². The second-order valence-electron chi connectivity index (χ2n) is 7.20. The summed E-state index contributed by atoms with van der Waals surface area (Å²) < 4.78 is 5.43. The normalized spacial score (nSPS) is 15.2. The van der Waals surface area contributed by atoms with Gasteiger partial charge in [-0.3, -0.25) is 4.79 Å². The molecule has 1 aliphatic rings. The molecule has 0 N–H and O–H groups in total.